The number of carbonyl (C=O) groups is 2. The molecule has 0 saturated carbocycles. The van der Waals surface area contributed by atoms with Gasteiger partial charge < -0.3 is 14.6 Å². The lowest BCUT2D eigenvalue weighted by Gasteiger charge is -2.23. The minimum Gasteiger partial charge on any atom is -0.507 e. The van der Waals surface area contributed by atoms with E-state index in [-0.39, 0.29) is 16.5 Å². The second kappa shape index (κ2) is 8.17. The predicted octanol–water partition coefficient (Wildman–Crippen LogP) is 4.23. The molecule has 4 aromatic rings. The molecule has 0 spiro atoms. The van der Waals surface area contributed by atoms with E-state index >= 15 is 0 Å². The zero-order valence-corrected chi connectivity index (χ0v) is 18.8. The maximum absolute atomic E-state index is 13.8. The summed E-state index contributed by atoms with van der Waals surface area (Å²) in [7, 11) is 0. The Labute approximate surface area is 201 Å². The molecule has 6 rings (SSSR count). The van der Waals surface area contributed by atoms with Gasteiger partial charge in [0.2, 0.25) is 0 Å². The van der Waals surface area contributed by atoms with E-state index in [0.717, 1.165) is 11.3 Å². The molecule has 0 radical (unpaired) electrons. The van der Waals surface area contributed by atoms with Crippen molar-refractivity contribution < 1.29 is 28.6 Å². The van der Waals surface area contributed by atoms with E-state index < -0.39 is 23.5 Å². The highest BCUT2D eigenvalue weighted by molar-refractivity contribution is 7.22. The van der Waals surface area contributed by atoms with Gasteiger partial charge in [-0.2, -0.15) is 0 Å². The van der Waals surface area contributed by atoms with Gasteiger partial charge >= 0.3 is 5.91 Å². The van der Waals surface area contributed by atoms with E-state index in [4.69, 9.17) is 9.47 Å². The van der Waals surface area contributed by atoms with Crippen LogP contribution in [-0.4, -0.2) is 40.0 Å². The number of anilines is 1. The van der Waals surface area contributed by atoms with Crippen molar-refractivity contribution in [1.29, 1.82) is 0 Å². The normalized spacial score (nSPS) is 18.9. The molecule has 174 valence electrons. The third kappa shape index (κ3) is 3.50. The maximum Gasteiger partial charge on any atom is 0.301 e. The molecule has 2 aromatic heterocycles. The van der Waals surface area contributed by atoms with E-state index in [1.54, 1.807) is 36.5 Å². The van der Waals surface area contributed by atoms with Crippen LogP contribution in [0.5, 0.6) is 11.5 Å². The molecule has 2 aliphatic rings. The standard InChI is InChI=1S/C25H16FN3O5S/c26-15-4-5-16-19(11-15)35-25(28-16)29-21(14-2-1-7-27-12-14)20(23(31)24(29)32)22(30)13-3-6-17-18(10-13)34-9-8-33-17/h1-7,10-12,21,30H,8-9H2. The van der Waals surface area contributed by atoms with Crippen molar-refractivity contribution in [2.75, 3.05) is 18.1 Å². The first-order valence-corrected chi connectivity index (χ1v) is 11.5. The van der Waals surface area contributed by atoms with Gasteiger partial charge in [0, 0.05) is 18.0 Å². The van der Waals surface area contributed by atoms with Gasteiger partial charge in [-0.15, -0.1) is 0 Å². The summed E-state index contributed by atoms with van der Waals surface area (Å²) in [6, 6.07) is 11.3. The quantitative estimate of drug-likeness (QED) is 0.261. The molecule has 2 aliphatic heterocycles. The van der Waals surface area contributed by atoms with E-state index in [0.29, 0.717) is 46.1 Å². The number of ketones is 1. The number of hydrogen-bond acceptors (Lipinski definition) is 8. The Bertz CT molecular complexity index is 1530. The van der Waals surface area contributed by atoms with Crippen molar-refractivity contribution >= 4 is 44.1 Å². The molecule has 0 bridgehead atoms. The number of benzene rings is 2. The van der Waals surface area contributed by atoms with E-state index in [1.165, 1.54) is 29.3 Å². The Balaban J connectivity index is 1.53. The van der Waals surface area contributed by atoms with Crippen molar-refractivity contribution in [1.82, 2.24) is 9.97 Å². The summed E-state index contributed by atoms with van der Waals surface area (Å²) in [4.78, 5) is 36.4. The van der Waals surface area contributed by atoms with Crippen LogP contribution >= 0.6 is 11.3 Å². The summed E-state index contributed by atoms with van der Waals surface area (Å²) < 4.78 is 25.4. The highest BCUT2D eigenvalue weighted by Crippen LogP contribution is 2.44. The number of ether oxygens (including phenoxy) is 2. The van der Waals surface area contributed by atoms with Gasteiger partial charge in [-0.3, -0.25) is 19.5 Å². The molecule has 0 aliphatic carbocycles. The van der Waals surface area contributed by atoms with E-state index in [9.17, 15) is 19.1 Å². The van der Waals surface area contributed by atoms with Crippen LogP contribution < -0.4 is 14.4 Å². The number of Topliss-reactive ketones (excluding diaryl/α,β-unsaturated/α-hetero) is 1. The first-order valence-electron chi connectivity index (χ1n) is 10.7. The van der Waals surface area contributed by atoms with Gasteiger partial charge in [0.05, 0.1) is 21.8 Å². The van der Waals surface area contributed by atoms with Crippen LogP contribution in [0.2, 0.25) is 0 Å². The third-order valence-electron chi connectivity index (χ3n) is 5.81. The maximum atomic E-state index is 13.8. The lowest BCUT2D eigenvalue weighted by molar-refractivity contribution is -0.132. The monoisotopic (exact) mass is 489 g/mol. The van der Waals surface area contributed by atoms with Crippen molar-refractivity contribution in [2.24, 2.45) is 0 Å². The number of pyridine rings is 1. The first kappa shape index (κ1) is 21.2. The summed E-state index contributed by atoms with van der Waals surface area (Å²) in [6.07, 6.45) is 3.09. The van der Waals surface area contributed by atoms with Gasteiger partial charge in [-0.1, -0.05) is 17.4 Å². The fourth-order valence-electron chi connectivity index (χ4n) is 4.22. The number of aliphatic hydroxyl groups is 1. The summed E-state index contributed by atoms with van der Waals surface area (Å²) in [5.41, 5.74) is 1.19. The van der Waals surface area contributed by atoms with Crippen molar-refractivity contribution in [3.8, 4) is 11.5 Å². The van der Waals surface area contributed by atoms with Crippen LogP contribution in [0, 0.1) is 5.82 Å². The molecule has 1 atom stereocenters. The van der Waals surface area contributed by atoms with E-state index in [1.807, 2.05) is 0 Å². The predicted molar refractivity (Wildman–Crippen MR) is 126 cm³/mol. The number of fused-ring (bicyclic) bond motifs is 2. The number of aliphatic hydroxyl groups excluding tert-OH is 1. The number of rotatable bonds is 3. The van der Waals surface area contributed by atoms with Gasteiger partial charge in [0.15, 0.2) is 16.6 Å². The SMILES string of the molecule is O=C1C(=O)N(c2nc3ccc(F)cc3s2)C(c2cccnc2)C1=C(O)c1ccc2c(c1)OCCO2. The molecule has 1 unspecified atom stereocenters. The Morgan fingerprint density at radius 3 is 2.71 bits per heavy atom. The van der Waals surface area contributed by atoms with Crippen LogP contribution in [0.1, 0.15) is 17.2 Å². The van der Waals surface area contributed by atoms with E-state index in [2.05, 4.69) is 9.97 Å². The Hall–Kier alpha value is -4.31. The molecule has 1 saturated heterocycles. The Morgan fingerprint density at radius 2 is 1.91 bits per heavy atom. The van der Waals surface area contributed by atoms with Crippen LogP contribution in [0.15, 0.2) is 66.5 Å². The zero-order chi connectivity index (χ0) is 24.1. The summed E-state index contributed by atoms with van der Waals surface area (Å²) in [6.45, 7) is 0.770. The smallest absolute Gasteiger partial charge is 0.301 e. The minimum absolute atomic E-state index is 0.106. The van der Waals surface area contributed by atoms with Gasteiger partial charge in [0.1, 0.15) is 24.8 Å². The molecule has 4 heterocycles. The zero-order valence-electron chi connectivity index (χ0n) is 18.0. The lowest BCUT2D eigenvalue weighted by atomic mass is 9.96. The minimum atomic E-state index is -0.984. The van der Waals surface area contributed by atoms with Crippen molar-refractivity contribution in [2.45, 2.75) is 6.04 Å². The Morgan fingerprint density at radius 1 is 1.09 bits per heavy atom. The van der Waals surface area contributed by atoms with Gasteiger partial charge in [-0.25, -0.2) is 9.37 Å². The summed E-state index contributed by atoms with van der Waals surface area (Å²) in [5.74, 6) is -1.55. The molecule has 8 nitrogen and oxygen atoms in total. The van der Waals surface area contributed by atoms with Crippen LogP contribution in [0.25, 0.3) is 16.0 Å². The van der Waals surface area contributed by atoms with Crippen LogP contribution in [0.3, 0.4) is 0 Å². The first-order chi connectivity index (χ1) is 17.0. The summed E-state index contributed by atoms with van der Waals surface area (Å²) >= 11 is 1.08. The average Bonchev–Trinajstić information content (AvgIpc) is 3.41. The third-order valence-corrected chi connectivity index (χ3v) is 6.82. The fourth-order valence-corrected chi connectivity index (χ4v) is 5.24. The molecule has 35 heavy (non-hydrogen) atoms. The average molecular weight is 489 g/mol. The summed E-state index contributed by atoms with van der Waals surface area (Å²) in [5, 5.41) is 11.5. The topological polar surface area (TPSA) is 102 Å². The van der Waals surface area contributed by atoms with Crippen molar-refractivity contribution in [3.05, 3.63) is 83.4 Å². The highest BCUT2D eigenvalue weighted by atomic mass is 32.1. The largest absolute Gasteiger partial charge is 0.507 e. The Kier molecular flexibility index (Phi) is 4.96. The molecule has 1 N–H and O–H groups in total. The van der Waals surface area contributed by atoms with Crippen molar-refractivity contribution in [3.63, 3.8) is 0 Å². The number of nitrogens with zero attached hydrogens (tertiary/aromatic N) is 3. The lowest BCUT2D eigenvalue weighted by Crippen LogP contribution is -2.29. The molecule has 1 fully saturated rings. The molecular weight excluding hydrogens is 473 g/mol. The number of amides is 1. The van der Waals surface area contributed by atoms with Gasteiger partial charge in [-0.05, 0) is 48.0 Å². The number of aromatic nitrogens is 2. The van der Waals surface area contributed by atoms with Crippen LogP contribution in [-0.2, 0) is 9.59 Å². The number of hydrogen-bond donors (Lipinski definition) is 1. The molecular formula is C25H16FN3O5S. The molecule has 2 aromatic carbocycles. The van der Waals surface area contributed by atoms with Gasteiger partial charge in [0.25, 0.3) is 5.78 Å². The number of carbonyl (C=O) groups excluding carboxylic acids is 2. The molecule has 10 heteroatoms. The number of thiazole rings is 1. The fraction of sp³-hybridized carbons (Fsp3) is 0.120. The molecule has 1 amide bonds. The number of halogens is 1. The second-order valence-corrected chi connectivity index (χ2v) is 8.93. The second-order valence-electron chi connectivity index (χ2n) is 7.92. The van der Waals surface area contributed by atoms with Crippen LogP contribution in [0.4, 0.5) is 9.52 Å². The highest BCUT2D eigenvalue weighted by Gasteiger charge is 2.48.